The van der Waals surface area contributed by atoms with Gasteiger partial charge in [-0.3, -0.25) is 14.3 Å². The molecule has 3 heterocycles. The van der Waals surface area contributed by atoms with E-state index >= 15 is 0 Å². The molecule has 2 aromatic heterocycles. The second kappa shape index (κ2) is 9.42. The first-order chi connectivity index (χ1) is 19.1. The zero-order chi connectivity index (χ0) is 28.3. The third kappa shape index (κ3) is 4.26. The van der Waals surface area contributed by atoms with Crippen molar-refractivity contribution in [2.45, 2.75) is 50.0 Å². The minimum absolute atomic E-state index is 0.0133. The smallest absolute Gasteiger partial charge is 0.252 e. The highest BCUT2D eigenvalue weighted by molar-refractivity contribution is 6.33. The van der Waals surface area contributed by atoms with E-state index in [-0.39, 0.29) is 22.9 Å². The molecule has 1 aliphatic heterocycles. The van der Waals surface area contributed by atoms with Gasteiger partial charge in [0, 0.05) is 51.3 Å². The summed E-state index contributed by atoms with van der Waals surface area (Å²) in [5, 5.41) is 10.0. The Morgan fingerprint density at radius 2 is 1.95 bits per heavy atom. The molecule has 3 aliphatic rings. The zero-order valence-electron chi connectivity index (χ0n) is 22.6. The number of aromatic nitrogens is 3. The molecule has 2 atom stereocenters. The maximum atomic E-state index is 12.9. The lowest BCUT2D eigenvalue weighted by molar-refractivity contribution is -0.242. The number of hydrogen-bond acceptors (Lipinski definition) is 8. The summed E-state index contributed by atoms with van der Waals surface area (Å²) < 4.78 is 19.5. The molecule has 40 heavy (non-hydrogen) atoms. The maximum absolute atomic E-state index is 12.9. The van der Waals surface area contributed by atoms with Crippen molar-refractivity contribution >= 4 is 39.2 Å². The van der Waals surface area contributed by atoms with E-state index in [4.69, 9.17) is 19.9 Å². The number of para-hydroxylation sites is 1. The molecule has 1 unspecified atom stereocenters. The second-order valence-corrected chi connectivity index (χ2v) is 12.0. The topological polar surface area (TPSA) is 143 Å². The van der Waals surface area contributed by atoms with Crippen LogP contribution in [0.1, 0.15) is 49.5 Å². The predicted molar refractivity (Wildman–Crippen MR) is 149 cm³/mol. The van der Waals surface area contributed by atoms with Crippen LogP contribution in [0.5, 0.6) is 5.75 Å². The molecule has 3 fully saturated rings. The van der Waals surface area contributed by atoms with E-state index in [2.05, 4.69) is 31.0 Å². The van der Waals surface area contributed by atoms with Crippen LogP contribution in [0.15, 0.2) is 42.9 Å². The number of amides is 2. The SMILES string of the molecule is COc1c(Nc2cc(NC(=O)[C@@]3([Si])CC3(C)C)ncc2C(N)=O)cccc1-c1cnn(C2CCC23OCCO3)c1. The summed E-state index contributed by atoms with van der Waals surface area (Å²) in [5.74, 6) is -0.594. The number of nitrogens with two attached hydrogens (primary N) is 1. The Balaban J connectivity index is 1.28. The molecule has 1 spiro atoms. The van der Waals surface area contributed by atoms with E-state index in [9.17, 15) is 9.59 Å². The molecule has 11 nitrogen and oxygen atoms in total. The molecule has 6 rings (SSSR count). The molecule has 4 N–H and O–H groups in total. The standard InChI is InChI=1S/C28H31N6O5Si/c1-26(2)15-27(26,40)25(36)33-22-11-20(18(13-30-22)24(29)35)32-19-6-4-5-17(23(19)37-3)16-12-31-34(14-16)21-7-8-28(21)38-9-10-39-28/h4-6,11-14,21H,7-10,15H2,1-3H3,(H2,29,35)(H2,30,32,33,36)/t21?,27-/m0/s1. The van der Waals surface area contributed by atoms with E-state index in [0.29, 0.717) is 42.6 Å². The lowest BCUT2D eigenvalue weighted by atomic mass is 9.85. The lowest BCUT2D eigenvalue weighted by Crippen LogP contribution is -2.49. The Labute approximate surface area is 235 Å². The number of nitrogens with one attached hydrogen (secondary N) is 2. The van der Waals surface area contributed by atoms with Crippen molar-refractivity contribution < 1.29 is 23.8 Å². The highest BCUT2D eigenvalue weighted by Gasteiger charge is 2.62. The highest BCUT2D eigenvalue weighted by atomic mass is 28.1. The molecule has 2 saturated carbocycles. The van der Waals surface area contributed by atoms with Gasteiger partial charge in [-0.05, 0) is 24.3 Å². The molecule has 12 heteroatoms. The van der Waals surface area contributed by atoms with Crippen molar-refractivity contribution in [1.82, 2.24) is 14.8 Å². The van der Waals surface area contributed by atoms with Crippen molar-refractivity contribution in [2.75, 3.05) is 31.0 Å². The molecule has 3 aromatic rings. The van der Waals surface area contributed by atoms with Gasteiger partial charge in [0.25, 0.3) is 5.91 Å². The Hall–Kier alpha value is -3.74. The van der Waals surface area contributed by atoms with Crippen LogP contribution in [0.2, 0.25) is 5.04 Å². The van der Waals surface area contributed by atoms with Crippen LogP contribution in [-0.4, -0.2) is 62.9 Å². The van der Waals surface area contributed by atoms with Gasteiger partial charge in [0.2, 0.25) is 5.91 Å². The van der Waals surface area contributed by atoms with Crippen LogP contribution in [0, 0.1) is 5.41 Å². The van der Waals surface area contributed by atoms with E-state index in [0.717, 1.165) is 24.0 Å². The average Bonchev–Trinajstić information content (AvgIpc) is 3.36. The molecule has 207 valence electrons. The van der Waals surface area contributed by atoms with E-state index in [1.807, 2.05) is 42.9 Å². The fourth-order valence-corrected chi connectivity index (χ4v) is 6.08. The van der Waals surface area contributed by atoms with Crippen molar-refractivity contribution in [3.8, 4) is 16.9 Å². The zero-order valence-corrected chi connectivity index (χ0v) is 23.6. The predicted octanol–water partition coefficient (Wildman–Crippen LogP) is 3.57. The number of carbonyl (C=O) groups is 2. The van der Waals surface area contributed by atoms with Gasteiger partial charge in [0.1, 0.15) is 17.6 Å². The van der Waals surface area contributed by atoms with E-state index in [1.54, 1.807) is 19.4 Å². The molecule has 1 aromatic carbocycles. The fourth-order valence-electron chi connectivity index (χ4n) is 5.58. The largest absolute Gasteiger partial charge is 0.494 e. The number of methoxy groups -OCH3 is 1. The first kappa shape index (κ1) is 26.5. The minimum Gasteiger partial charge on any atom is -0.494 e. The summed E-state index contributed by atoms with van der Waals surface area (Å²) in [7, 11) is 5.20. The van der Waals surface area contributed by atoms with Crippen molar-refractivity contribution in [3.63, 3.8) is 0 Å². The molecule has 2 aliphatic carbocycles. The normalized spacial score (nSPS) is 23.9. The van der Waals surface area contributed by atoms with Crippen molar-refractivity contribution in [2.24, 2.45) is 11.1 Å². The number of carbonyl (C=O) groups excluding carboxylic acids is 2. The third-order valence-corrected chi connectivity index (χ3v) is 9.39. The van der Waals surface area contributed by atoms with Crippen LogP contribution >= 0.6 is 0 Å². The number of benzene rings is 1. The summed E-state index contributed by atoms with van der Waals surface area (Å²) in [6.07, 6.45) is 7.57. The van der Waals surface area contributed by atoms with Crippen LogP contribution in [0.25, 0.3) is 11.1 Å². The fraction of sp³-hybridized carbons (Fsp3) is 0.429. The van der Waals surface area contributed by atoms with Crippen molar-refractivity contribution in [3.05, 3.63) is 48.4 Å². The number of nitrogens with zero attached hydrogens (tertiary/aromatic N) is 3. The highest BCUT2D eigenvalue weighted by Crippen LogP contribution is 2.68. The molecular formula is C28H31N6O5Si. The minimum atomic E-state index is -0.665. The number of ether oxygens (including phenoxy) is 3. The number of hydrogen-bond donors (Lipinski definition) is 3. The molecular weight excluding hydrogens is 528 g/mol. The second-order valence-electron chi connectivity index (χ2n) is 11.2. The molecule has 0 bridgehead atoms. The van der Waals surface area contributed by atoms with E-state index < -0.39 is 16.7 Å². The summed E-state index contributed by atoms with van der Waals surface area (Å²) in [6.45, 7) is 5.21. The van der Waals surface area contributed by atoms with Crippen LogP contribution in [0.3, 0.4) is 0 Å². The van der Waals surface area contributed by atoms with Crippen LogP contribution in [-0.2, 0) is 14.3 Å². The van der Waals surface area contributed by atoms with Gasteiger partial charge in [-0.25, -0.2) is 4.98 Å². The van der Waals surface area contributed by atoms with Gasteiger partial charge in [-0.1, -0.05) is 26.0 Å². The number of pyridine rings is 1. The molecule has 1 saturated heterocycles. The third-order valence-electron chi connectivity index (χ3n) is 8.31. The van der Waals surface area contributed by atoms with Gasteiger partial charge >= 0.3 is 0 Å². The first-order valence-electron chi connectivity index (χ1n) is 13.2. The number of primary amides is 1. The van der Waals surface area contributed by atoms with Gasteiger partial charge in [-0.15, -0.1) is 0 Å². The molecule has 2 amide bonds. The molecule has 3 radical (unpaired) electrons. The Morgan fingerprint density at radius 3 is 2.58 bits per heavy atom. The first-order valence-corrected chi connectivity index (χ1v) is 13.7. The van der Waals surface area contributed by atoms with Crippen LogP contribution in [0.4, 0.5) is 17.2 Å². The Kier molecular flexibility index (Phi) is 6.24. The van der Waals surface area contributed by atoms with Gasteiger partial charge in [0.15, 0.2) is 5.79 Å². The summed E-state index contributed by atoms with van der Waals surface area (Å²) in [4.78, 5) is 29.4. The summed E-state index contributed by atoms with van der Waals surface area (Å²) in [6, 6.07) is 7.24. The summed E-state index contributed by atoms with van der Waals surface area (Å²) >= 11 is 0. The van der Waals surface area contributed by atoms with E-state index in [1.165, 1.54) is 6.20 Å². The maximum Gasteiger partial charge on any atom is 0.252 e. The lowest BCUT2D eigenvalue weighted by Gasteiger charge is -2.44. The average molecular weight is 560 g/mol. The monoisotopic (exact) mass is 559 g/mol. The van der Waals surface area contributed by atoms with Gasteiger partial charge in [-0.2, -0.15) is 5.10 Å². The Bertz CT molecular complexity index is 1500. The number of anilines is 3. The summed E-state index contributed by atoms with van der Waals surface area (Å²) in [5.41, 5.74) is 8.30. The number of rotatable bonds is 8. The van der Waals surface area contributed by atoms with Gasteiger partial charge < -0.3 is 30.6 Å². The van der Waals surface area contributed by atoms with Crippen molar-refractivity contribution in [1.29, 1.82) is 0 Å². The quantitative estimate of drug-likeness (QED) is 0.356. The van der Waals surface area contributed by atoms with Crippen LogP contribution < -0.4 is 21.1 Å². The van der Waals surface area contributed by atoms with Gasteiger partial charge in [0.05, 0.1) is 43.5 Å². The Morgan fingerprint density at radius 1 is 1.20 bits per heavy atom.